The fourth-order valence-electron chi connectivity index (χ4n) is 3.75. The third-order valence-corrected chi connectivity index (χ3v) is 7.27. The van der Waals surface area contributed by atoms with Gasteiger partial charge in [-0.05, 0) is 35.9 Å². The van der Waals surface area contributed by atoms with Gasteiger partial charge in [-0.3, -0.25) is 0 Å². The molecule has 1 aromatic heterocycles. The Balaban J connectivity index is 0.00000342. The quantitative estimate of drug-likeness (QED) is 0.479. The molecule has 0 radical (unpaired) electrons. The smallest absolute Gasteiger partial charge is 0.335 e. The molecule has 0 bridgehead atoms. The maximum absolute atomic E-state index is 14.0. The molecule has 1 aliphatic rings. The van der Waals surface area contributed by atoms with E-state index in [0.29, 0.717) is 0 Å². The molecule has 3 N–H and O–H groups in total. The van der Waals surface area contributed by atoms with Crippen LogP contribution in [0.5, 0.6) is 0 Å². The molecule has 1 aliphatic heterocycles. The number of benzene rings is 2. The number of carboxylic acids is 1. The number of carbonyl (C=O) groups is 1. The number of sulfonamides is 1. The van der Waals surface area contributed by atoms with Crippen molar-refractivity contribution in [3.8, 4) is 11.1 Å². The lowest BCUT2D eigenvalue weighted by atomic mass is 10.0. The average Bonchev–Trinajstić information content (AvgIpc) is 3.36. The van der Waals surface area contributed by atoms with Crippen molar-refractivity contribution < 1.29 is 31.5 Å². The van der Waals surface area contributed by atoms with E-state index < -0.39 is 40.7 Å². The molecule has 0 saturated carbocycles. The summed E-state index contributed by atoms with van der Waals surface area (Å²) in [5.41, 5.74) is 6.11. The summed E-state index contributed by atoms with van der Waals surface area (Å²) in [5.74, 6) is -4.96. The zero-order chi connectivity index (χ0) is 24.7. The number of aromatic carboxylic acids is 1. The number of fused-ring (bicyclic) bond motifs is 1. The number of carboxylic acid groups (broad SMARTS) is 1. The zero-order valence-electron chi connectivity index (χ0n) is 18.1. The first kappa shape index (κ1) is 26.6. The van der Waals surface area contributed by atoms with E-state index in [-0.39, 0.29) is 64.7 Å². The largest absolute Gasteiger partial charge is 0.478 e. The minimum atomic E-state index is -4.21. The van der Waals surface area contributed by atoms with Crippen molar-refractivity contribution in [2.45, 2.75) is 23.8 Å². The molecule has 4 rings (SSSR count). The van der Waals surface area contributed by atoms with Gasteiger partial charge in [0.2, 0.25) is 10.0 Å². The third kappa shape index (κ3) is 5.32. The molecular formula is C21H21ClF3N5O4S. The number of nitrogens with zero attached hydrogens (tertiary/aromatic N) is 4. The summed E-state index contributed by atoms with van der Waals surface area (Å²) in [4.78, 5) is 11.5. The van der Waals surface area contributed by atoms with Gasteiger partial charge in [-0.1, -0.05) is 17.3 Å². The van der Waals surface area contributed by atoms with Gasteiger partial charge in [0.1, 0.15) is 11.3 Å². The first-order valence-electron chi connectivity index (χ1n) is 10.2. The lowest BCUT2D eigenvalue weighted by molar-refractivity contribution is 0.0183. The van der Waals surface area contributed by atoms with E-state index in [2.05, 4.69) is 10.3 Å². The Labute approximate surface area is 204 Å². The topological polar surface area (TPSA) is 131 Å². The molecular weight excluding hydrogens is 511 g/mol. The van der Waals surface area contributed by atoms with Gasteiger partial charge in [0, 0.05) is 25.1 Å². The highest BCUT2D eigenvalue weighted by atomic mass is 35.5. The summed E-state index contributed by atoms with van der Waals surface area (Å²) >= 11 is 0. The monoisotopic (exact) mass is 531 g/mol. The Morgan fingerprint density at radius 2 is 2.00 bits per heavy atom. The molecule has 3 aromatic rings. The van der Waals surface area contributed by atoms with E-state index in [0.717, 1.165) is 10.4 Å². The first-order valence-corrected chi connectivity index (χ1v) is 11.6. The number of aromatic nitrogens is 3. The summed E-state index contributed by atoms with van der Waals surface area (Å²) in [5, 5.41) is 17.5. The van der Waals surface area contributed by atoms with Crippen molar-refractivity contribution in [3.05, 3.63) is 53.9 Å². The van der Waals surface area contributed by atoms with Crippen LogP contribution in [0.2, 0.25) is 0 Å². The highest BCUT2D eigenvalue weighted by Crippen LogP contribution is 2.34. The molecule has 2 heterocycles. The van der Waals surface area contributed by atoms with Gasteiger partial charge in [0.15, 0.2) is 0 Å². The van der Waals surface area contributed by atoms with Crippen molar-refractivity contribution in [3.63, 3.8) is 0 Å². The first-order chi connectivity index (χ1) is 16.0. The van der Waals surface area contributed by atoms with E-state index in [4.69, 9.17) is 5.73 Å². The summed E-state index contributed by atoms with van der Waals surface area (Å²) in [6.07, 6.45) is 0.581. The van der Waals surface area contributed by atoms with Crippen LogP contribution in [0.3, 0.4) is 0 Å². The number of allylic oxidation sites excluding steroid dienone is 1. The zero-order valence-corrected chi connectivity index (χ0v) is 19.7. The van der Waals surface area contributed by atoms with Crippen LogP contribution in [0, 0.1) is 0 Å². The Morgan fingerprint density at radius 1 is 1.26 bits per heavy atom. The molecule has 2 aromatic carbocycles. The number of rotatable bonds is 7. The van der Waals surface area contributed by atoms with Gasteiger partial charge in [0.25, 0.3) is 5.92 Å². The van der Waals surface area contributed by atoms with E-state index >= 15 is 0 Å². The van der Waals surface area contributed by atoms with E-state index in [1.54, 1.807) is 0 Å². The van der Waals surface area contributed by atoms with Crippen LogP contribution >= 0.6 is 12.4 Å². The Morgan fingerprint density at radius 3 is 2.63 bits per heavy atom. The van der Waals surface area contributed by atoms with Gasteiger partial charge >= 0.3 is 5.97 Å². The maximum atomic E-state index is 14.0. The summed E-state index contributed by atoms with van der Waals surface area (Å²) in [7, 11) is -4.21. The summed E-state index contributed by atoms with van der Waals surface area (Å²) < 4.78 is 69.0. The standard InChI is InChI=1S/C21H20F3N5O4S.ClH/c22-15(4-6-25)11-29-18-10-14(20(30)31)9-17(19(18)26-27-29)13-2-1-3-16(8-13)34(32,33)28-7-5-21(23,24)12-28;/h1-4,8-10H,5-7,11-12,25H2,(H,30,31);1H/b15-4-;. The fraction of sp³-hybridized carbons (Fsp3) is 0.286. The van der Waals surface area contributed by atoms with Crippen LogP contribution in [0.15, 0.2) is 53.2 Å². The second-order valence-corrected chi connectivity index (χ2v) is 9.74. The lowest BCUT2D eigenvalue weighted by Gasteiger charge is -2.17. The predicted molar refractivity (Wildman–Crippen MR) is 124 cm³/mol. The summed E-state index contributed by atoms with van der Waals surface area (Å²) in [6.45, 7) is -1.58. The van der Waals surface area contributed by atoms with Gasteiger partial charge in [-0.15, -0.1) is 17.5 Å². The van der Waals surface area contributed by atoms with Crippen LogP contribution in [0.25, 0.3) is 22.2 Å². The molecule has 35 heavy (non-hydrogen) atoms. The van der Waals surface area contributed by atoms with Crippen LogP contribution in [0.1, 0.15) is 16.8 Å². The van der Waals surface area contributed by atoms with E-state index in [1.165, 1.54) is 41.1 Å². The molecule has 0 unspecified atom stereocenters. The Hall–Kier alpha value is -3.00. The number of hydrogen-bond donors (Lipinski definition) is 2. The van der Waals surface area contributed by atoms with Gasteiger partial charge < -0.3 is 10.8 Å². The molecule has 0 amide bonds. The number of halogens is 4. The Kier molecular flexibility index (Phi) is 7.55. The fourth-order valence-corrected chi connectivity index (χ4v) is 5.26. The second-order valence-electron chi connectivity index (χ2n) is 7.80. The van der Waals surface area contributed by atoms with Crippen LogP contribution < -0.4 is 5.73 Å². The van der Waals surface area contributed by atoms with Crippen molar-refractivity contribution in [2.24, 2.45) is 5.73 Å². The highest BCUT2D eigenvalue weighted by Gasteiger charge is 2.43. The molecule has 0 aliphatic carbocycles. The molecule has 1 fully saturated rings. The van der Waals surface area contributed by atoms with E-state index in [1.807, 2.05) is 0 Å². The van der Waals surface area contributed by atoms with Crippen molar-refractivity contribution in [1.29, 1.82) is 0 Å². The van der Waals surface area contributed by atoms with Gasteiger partial charge in [0.05, 0.1) is 29.1 Å². The molecule has 188 valence electrons. The number of hydrogen-bond acceptors (Lipinski definition) is 6. The van der Waals surface area contributed by atoms with Crippen LogP contribution in [-0.2, 0) is 16.6 Å². The number of nitrogens with two attached hydrogens (primary N) is 1. The van der Waals surface area contributed by atoms with Crippen LogP contribution in [0.4, 0.5) is 13.2 Å². The average molecular weight is 532 g/mol. The van der Waals surface area contributed by atoms with Crippen molar-refractivity contribution in [1.82, 2.24) is 19.3 Å². The molecule has 1 saturated heterocycles. The molecule has 9 nitrogen and oxygen atoms in total. The second kappa shape index (κ2) is 9.93. The maximum Gasteiger partial charge on any atom is 0.335 e. The third-order valence-electron chi connectivity index (χ3n) is 5.43. The highest BCUT2D eigenvalue weighted by molar-refractivity contribution is 7.89. The van der Waals surface area contributed by atoms with Crippen molar-refractivity contribution in [2.75, 3.05) is 19.6 Å². The molecule has 0 atom stereocenters. The normalized spacial score (nSPS) is 16.4. The Bertz CT molecular complexity index is 1410. The van der Waals surface area contributed by atoms with Crippen molar-refractivity contribution >= 4 is 39.4 Å². The minimum absolute atomic E-state index is 0. The van der Waals surface area contributed by atoms with Gasteiger partial charge in [-0.25, -0.2) is 31.1 Å². The lowest BCUT2D eigenvalue weighted by Crippen LogP contribution is -2.31. The van der Waals surface area contributed by atoms with Gasteiger partial charge in [-0.2, -0.15) is 4.31 Å². The van der Waals surface area contributed by atoms with Crippen LogP contribution in [-0.4, -0.2) is 64.3 Å². The predicted octanol–water partition coefficient (Wildman–Crippen LogP) is 3.06. The number of alkyl halides is 2. The molecule has 14 heteroatoms. The minimum Gasteiger partial charge on any atom is -0.478 e. The van der Waals surface area contributed by atoms with E-state index in [9.17, 15) is 31.5 Å². The SMILES string of the molecule is Cl.NC/C=C(\F)Cn1nnc2c(-c3cccc(S(=O)(=O)N4CCC(F)(F)C4)c3)cc(C(=O)O)cc21. The summed E-state index contributed by atoms with van der Waals surface area (Å²) in [6, 6.07) is 8.07. The molecule has 0 spiro atoms.